The third kappa shape index (κ3) is 5.56. The van der Waals surface area contributed by atoms with Crippen LogP contribution in [0.4, 0.5) is 0 Å². The van der Waals surface area contributed by atoms with Gasteiger partial charge in [-0.1, -0.05) is 20.3 Å². The highest BCUT2D eigenvalue weighted by molar-refractivity contribution is 5.75. The number of hydrogen-bond donors (Lipinski definition) is 0. The van der Waals surface area contributed by atoms with Crippen molar-refractivity contribution < 1.29 is 9.59 Å². The normalized spacial score (nSPS) is 15.0. The van der Waals surface area contributed by atoms with Gasteiger partial charge in [0.1, 0.15) is 12.1 Å². The zero-order valence-corrected chi connectivity index (χ0v) is 8.88. The molecule has 0 bridgehead atoms. The van der Waals surface area contributed by atoms with E-state index in [-0.39, 0.29) is 11.7 Å². The van der Waals surface area contributed by atoms with E-state index in [1.165, 1.54) is 0 Å². The molecule has 2 atom stereocenters. The number of carbonyl (C=O) groups excluding carboxylic acids is 2. The van der Waals surface area contributed by atoms with Crippen molar-refractivity contribution in [2.45, 2.75) is 46.5 Å². The van der Waals surface area contributed by atoms with Crippen molar-refractivity contribution in [2.75, 3.05) is 0 Å². The van der Waals surface area contributed by atoms with Gasteiger partial charge in [0.2, 0.25) is 0 Å². The Morgan fingerprint density at radius 3 is 2.23 bits per heavy atom. The van der Waals surface area contributed by atoms with Crippen LogP contribution in [0.1, 0.15) is 46.5 Å². The second-order valence-electron chi connectivity index (χ2n) is 3.72. The highest BCUT2D eigenvalue weighted by Gasteiger charge is 2.14. The molecular weight excluding hydrogens is 164 g/mol. The Bertz CT molecular complexity index is 163. The van der Waals surface area contributed by atoms with Gasteiger partial charge in [-0.2, -0.15) is 0 Å². The minimum Gasteiger partial charge on any atom is -0.303 e. The molecule has 0 aliphatic carbocycles. The van der Waals surface area contributed by atoms with Crippen LogP contribution in [0.2, 0.25) is 0 Å². The van der Waals surface area contributed by atoms with Gasteiger partial charge < -0.3 is 9.59 Å². The fourth-order valence-electron chi connectivity index (χ4n) is 1.55. The summed E-state index contributed by atoms with van der Waals surface area (Å²) in [6, 6.07) is 0. The molecular formula is C11H20O2. The lowest BCUT2D eigenvalue weighted by Gasteiger charge is -2.16. The second-order valence-corrected chi connectivity index (χ2v) is 3.72. The van der Waals surface area contributed by atoms with E-state index < -0.39 is 0 Å². The van der Waals surface area contributed by atoms with Crippen LogP contribution in [0, 0.1) is 11.8 Å². The molecule has 2 unspecified atom stereocenters. The fraction of sp³-hybridized carbons (Fsp3) is 0.818. The van der Waals surface area contributed by atoms with Gasteiger partial charge in [-0.05, 0) is 25.7 Å². The monoisotopic (exact) mass is 184 g/mol. The largest absolute Gasteiger partial charge is 0.303 e. The van der Waals surface area contributed by atoms with Gasteiger partial charge in [-0.3, -0.25) is 0 Å². The van der Waals surface area contributed by atoms with Crippen molar-refractivity contribution in [3.8, 4) is 0 Å². The van der Waals surface area contributed by atoms with Crippen LogP contribution in [-0.4, -0.2) is 12.1 Å². The highest BCUT2D eigenvalue weighted by atomic mass is 16.1. The van der Waals surface area contributed by atoms with Crippen molar-refractivity contribution in [1.29, 1.82) is 0 Å². The molecule has 2 heteroatoms. The average molecular weight is 184 g/mol. The molecule has 0 fully saturated rings. The van der Waals surface area contributed by atoms with Crippen LogP contribution in [-0.2, 0) is 9.59 Å². The van der Waals surface area contributed by atoms with E-state index in [1.54, 1.807) is 6.92 Å². The summed E-state index contributed by atoms with van der Waals surface area (Å²) in [7, 11) is 0. The summed E-state index contributed by atoms with van der Waals surface area (Å²) < 4.78 is 0. The maximum Gasteiger partial charge on any atom is 0.130 e. The zero-order chi connectivity index (χ0) is 10.3. The maximum absolute atomic E-state index is 10.9. The van der Waals surface area contributed by atoms with E-state index in [4.69, 9.17) is 0 Å². The van der Waals surface area contributed by atoms with E-state index >= 15 is 0 Å². The molecule has 0 aromatic heterocycles. The van der Waals surface area contributed by atoms with Crippen LogP contribution in [0.3, 0.4) is 0 Å². The third-order valence-corrected chi connectivity index (χ3v) is 2.51. The Morgan fingerprint density at radius 1 is 1.31 bits per heavy atom. The molecule has 0 spiro atoms. The summed E-state index contributed by atoms with van der Waals surface area (Å²) >= 11 is 0. The lowest BCUT2D eigenvalue weighted by atomic mass is 9.88. The Morgan fingerprint density at radius 2 is 1.92 bits per heavy atom. The molecule has 0 aliphatic rings. The van der Waals surface area contributed by atoms with Gasteiger partial charge in [0.15, 0.2) is 0 Å². The molecule has 0 heterocycles. The molecule has 0 saturated carbocycles. The van der Waals surface area contributed by atoms with E-state index in [0.29, 0.717) is 12.3 Å². The number of carbonyl (C=O) groups is 2. The molecule has 0 aromatic carbocycles. The first-order chi connectivity index (χ1) is 6.13. The van der Waals surface area contributed by atoms with E-state index in [1.807, 2.05) is 6.92 Å². The Hall–Kier alpha value is -0.660. The number of aldehydes is 1. The average Bonchev–Trinajstić information content (AvgIpc) is 2.11. The lowest BCUT2D eigenvalue weighted by molar-refractivity contribution is -0.118. The summed E-state index contributed by atoms with van der Waals surface area (Å²) in [5.74, 6) is 0.768. The number of ketones is 1. The van der Waals surface area contributed by atoms with Crippen LogP contribution in [0.25, 0.3) is 0 Å². The fourth-order valence-corrected chi connectivity index (χ4v) is 1.55. The molecule has 0 amide bonds. The number of Topliss-reactive ketones (excluding diaryl/α,β-unsaturated/α-hetero) is 1. The quantitative estimate of drug-likeness (QED) is 0.570. The van der Waals surface area contributed by atoms with Crippen molar-refractivity contribution in [3.63, 3.8) is 0 Å². The zero-order valence-electron chi connectivity index (χ0n) is 8.88. The SMILES string of the molecule is CCC(C=O)CC(CC)CC(C)=O. The summed E-state index contributed by atoms with van der Waals surface area (Å²) in [6.07, 6.45) is 4.39. The Labute approximate surface area is 80.7 Å². The van der Waals surface area contributed by atoms with Crippen LogP contribution < -0.4 is 0 Å². The molecule has 0 rings (SSSR count). The molecule has 0 saturated heterocycles. The van der Waals surface area contributed by atoms with Crippen LogP contribution in [0.15, 0.2) is 0 Å². The Kier molecular flexibility index (Phi) is 6.47. The first-order valence-electron chi connectivity index (χ1n) is 5.08. The van der Waals surface area contributed by atoms with E-state index in [2.05, 4.69) is 6.92 Å². The molecule has 0 aromatic rings. The maximum atomic E-state index is 10.9. The minimum absolute atomic E-state index is 0.143. The predicted octanol–water partition coefficient (Wildman–Crippen LogP) is 2.61. The van der Waals surface area contributed by atoms with Gasteiger partial charge in [-0.25, -0.2) is 0 Å². The molecule has 0 radical (unpaired) electrons. The van der Waals surface area contributed by atoms with Crippen molar-refractivity contribution in [3.05, 3.63) is 0 Å². The van der Waals surface area contributed by atoms with Crippen molar-refractivity contribution in [1.82, 2.24) is 0 Å². The second kappa shape index (κ2) is 6.81. The van der Waals surface area contributed by atoms with Gasteiger partial charge in [0.05, 0.1) is 0 Å². The third-order valence-electron chi connectivity index (χ3n) is 2.51. The van der Waals surface area contributed by atoms with Crippen LogP contribution in [0.5, 0.6) is 0 Å². The first kappa shape index (κ1) is 12.3. The molecule has 0 N–H and O–H groups in total. The number of rotatable bonds is 7. The van der Waals surface area contributed by atoms with Crippen LogP contribution >= 0.6 is 0 Å². The predicted molar refractivity (Wildman–Crippen MR) is 53.5 cm³/mol. The summed E-state index contributed by atoms with van der Waals surface area (Å²) in [4.78, 5) is 21.5. The summed E-state index contributed by atoms with van der Waals surface area (Å²) in [6.45, 7) is 5.70. The molecule has 76 valence electrons. The number of hydrogen-bond acceptors (Lipinski definition) is 2. The lowest BCUT2D eigenvalue weighted by Crippen LogP contribution is -2.11. The van der Waals surface area contributed by atoms with E-state index in [9.17, 15) is 9.59 Å². The van der Waals surface area contributed by atoms with E-state index in [0.717, 1.165) is 25.5 Å². The van der Waals surface area contributed by atoms with Crippen molar-refractivity contribution in [2.24, 2.45) is 11.8 Å². The first-order valence-corrected chi connectivity index (χ1v) is 5.08. The standard InChI is InChI=1S/C11H20O2/c1-4-10(6-9(3)13)7-11(5-2)8-12/h8,10-11H,4-7H2,1-3H3. The van der Waals surface area contributed by atoms with Gasteiger partial charge in [0.25, 0.3) is 0 Å². The van der Waals surface area contributed by atoms with Crippen molar-refractivity contribution >= 4 is 12.1 Å². The molecule has 13 heavy (non-hydrogen) atoms. The highest BCUT2D eigenvalue weighted by Crippen LogP contribution is 2.20. The van der Waals surface area contributed by atoms with Gasteiger partial charge in [-0.15, -0.1) is 0 Å². The summed E-state index contributed by atoms with van der Waals surface area (Å²) in [5.41, 5.74) is 0. The molecule has 2 nitrogen and oxygen atoms in total. The molecule has 0 aliphatic heterocycles. The smallest absolute Gasteiger partial charge is 0.130 e. The van der Waals surface area contributed by atoms with Gasteiger partial charge in [0, 0.05) is 12.3 Å². The summed E-state index contributed by atoms with van der Waals surface area (Å²) in [5, 5.41) is 0. The Balaban J connectivity index is 3.94. The topological polar surface area (TPSA) is 34.1 Å². The van der Waals surface area contributed by atoms with Gasteiger partial charge >= 0.3 is 0 Å². The minimum atomic E-state index is 0.143.